The lowest BCUT2D eigenvalue weighted by Crippen LogP contribution is -2.26. The summed E-state index contributed by atoms with van der Waals surface area (Å²) < 4.78 is 38.4. The Labute approximate surface area is 118 Å². The molecule has 0 aliphatic carbocycles. The third-order valence-corrected chi connectivity index (χ3v) is 2.64. The molecule has 2 rings (SSSR count). The van der Waals surface area contributed by atoms with Crippen molar-refractivity contribution in [1.82, 2.24) is 24.5 Å². The van der Waals surface area contributed by atoms with E-state index in [9.17, 15) is 13.2 Å². The minimum atomic E-state index is -4.22. The zero-order valence-electron chi connectivity index (χ0n) is 11.5. The van der Waals surface area contributed by atoms with Gasteiger partial charge in [-0.3, -0.25) is 4.57 Å². The Hall–Kier alpha value is -2.39. The molecule has 10 heteroatoms. The Morgan fingerprint density at radius 3 is 2.62 bits per heavy atom. The van der Waals surface area contributed by atoms with Crippen molar-refractivity contribution >= 4 is 11.9 Å². The number of alkyl halides is 3. The molecule has 0 saturated carbocycles. The van der Waals surface area contributed by atoms with Gasteiger partial charge >= 0.3 is 6.18 Å². The fraction of sp³-hybridized carbons (Fsp3) is 0.455. The Balaban J connectivity index is 2.24. The van der Waals surface area contributed by atoms with Crippen molar-refractivity contribution in [3.8, 4) is 5.95 Å². The van der Waals surface area contributed by atoms with Gasteiger partial charge in [0.2, 0.25) is 17.8 Å². The number of halogens is 3. The predicted octanol–water partition coefficient (Wildman–Crippen LogP) is 1.49. The van der Waals surface area contributed by atoms with E-state index in [-0.39, 0.29) is 24.4 Å². The number of rotatable bonds is 5. The Bertz CT molecular complexity index is 582. The van der Waals surface area contributed by atoms with Gasteiger partial charge in [0, 0.05) is 33.0 Å². The second kappa shape index (κ2) is 5.94. The number of anilines is 2. The molecule has 2 aromatic rings. The lowest BCUT2D eigenvalue weighted by molar-refractivity contribution is -0.132. The number of hydrogen-bond acceptors (Lipinski definition) is 6. The third-order valence-electron chi connectivity index (χ3n) is 2.64. The van der Waals surface area contributed by atoms with Gasteiger partial charge in [-0.05, 0) is 0 Å². The van der Waals surface area contributed by atoms with Crippen LogP contribution in [0.4, 0.5) is 25.1 Å². The van der Waals surface area contributed by atoms with Crippen LogP contribution < -0.4 is 10.2 Å². The van der Waals surface area contributed by atoms with Crippen LogP contribution in [0.2, 0.25) is 0 Å². The molecule has 0 aliphatic rings. The van der Waals surface area contributed by atoms with Crippen LogP contribution in [0.1, 0.15) is 6.42 Å². The molecule has 0 aliphatic heterocycles. The van der Waals surface area contributed by atoms with Gasteiger partial charge in [-0.15, -0.1) is 0 Å². The van der Waals surface area contributed by atoms with Gasteiger partial charge in [0.25, 0.3) is 0 Å². The van der Waals surface area contributed by atoms with Crippen molar-refractivity contribution in [2.45, 2.75) is 12.6 Å². The highest BCUT2D eigenvalue weighted by Gasteiger charge is 2.27. The summed E-state index contributed by atoms with van der Waals surface area (Å²) in [6.07, 6.45) is -0.483. The van der Waals surface area contributed by atoms with E-state index >= 15 is 0 Å². The van der Waals surface area contributed by atoms with Crippen LogP contribution >= 0.6 is 0 Å². The molecule has 0 bridgehead atoms. The van der Waals surface area contributed by atoms with E-state index < -0.39 is 12.6 Å². The monoisotopic (exact) mass is 301 g/mol. The van der Waals surface area contributed by atoms with Crippen LogP contribution in [-0.4, -0.2) is 51.3 Å². The van der Waals surface area contributed by atoms with Crippen LogP contribution in [0, 0.1) is 0 Å². The number of imidazole rings is 1. The standard InChI is InChI=1S/C11H14F3N7/c1-15-8-17-9(20(2)5-3-11(12,13)14)19-10(18-8)21-6-4-16-7-21/h4,6-7H,3,5H2,1-2H3,(H,15,17,18,19). The topological polar surface area (TPSA) is 71.8 Å². The van der Waals surface area contributed by atoms with Gasteiger partial charge in [-0.2, -0.15) is 28.1 Å². The Morgan fingerprint density at radius 1 is 1.29 bits per heavy atom. The van der Waals surface area contributed by atoms with Gasteiger partial charge in [0.15, 0.2) is 0 Å². The van der Waals surface area contributed by atoms with E-state index in [1.807, 2.05) is 0 Å². The molecule has 2 aromatic heterocycles. The van der Waals surface area contributed by atoms with Crippen molar-refractivity contribution in [3.05, 3.63) is 18.7 Å². The van der Waals surface area contributed by atoms with Crippen molar-refractivity contribution in [2.75, 3.05) is 30.9 Å². The molecule has 0 aromatic carbocycles. The molecule has 0 unspecified atom stereocenters. The summed E-state index contributed by atoms with van der Waals surface area (Å²) in [5, 5.41) is 2.75. The minimum absolute atomic E-state index is 0.155. The van der Waals surface area contributed by atoms with Crippen LogP contribution in [0.3, 0.4) is 0 Å². The number of nitrogens with one attached hydrogen (secondary N) is 1. The average Bonchev–Trinajstić information content (AvgIpc) is 2.97. The van der Waals surface area contributed by atoms with E-state index in [4.69, 9.17) is 0 Å². The van der Waals surface area contributed by atoms with Crippen molar-refractivity contribution in [2.24, 2.45) is 0 Å². The van der Waals surface area contributed by atoms with Gasteiger partial charge in [0.05, 0.1) is 6.42 Å². The molecule has 0 amide bonds. The maximum atomic E-state index is 12.3. The minimum Gasteiger partial charge on any atom is -0.357 e. The normalized spacial score (nSPS) is 11.5. The maximum absolute atomic E-state index is 12.3. The van der Waals surface area contributed by atoms with E-state index in [1.54, 1.807) is 24.0 Å². The first-order chi connectivity index (χ1) is 9.89. The lowest BCUT2D eigenvalue weighted by atomic mass is 10.4. The summed E-state index contributed by atoms with van der Waals surface area (Å²) >= 11 is 0. The second-order valence-electron chi connectivity index (χ2n) is 4.27. The number of nitrogens with zero attached hydrogens (tertiary/aromatic N) is 6. The zero-order chi connectivity index (χ0) is 15.5. The number of hydrogen-bond donors (Lipinski definition) is 1. The van der Waals surface area contributed by atoms with Gasteiger partial charge in [-0.1, -0.05) is 0 Å². The largest absolute Gasteiger partial charge is 0.390 e. The van der Waals surface area contributed by atoms with E-state index in [2.05, 4.69) is 25.3 Å². The molecule has 0 saturated heterocycles. The third kappa shape index (κ3) is 4.04. The van der Waals surface area contributed by atoms with Crippen LogP contribution in [0.5, 0.6) is 0 Å². The summed E-state index contributed by atoms with van der Waals surface area (Å²) in [5.74, 6) is 0.700. The molecule has 1 N–H and O–H groups in total. The summed E-state index contributed by atoms with van der Waals surface area (Å²) in [6.45, 7) is -0.236. The summed E-state index contributed by atoms with van der Waals surface area (Å²) in [6, 6.07) is 0. The molecular weight excluding hydrogens is 287 g/mol. The van der Waals surface area contributed by atoms with Gasteiger partial charge < -0.3 is 10.2 Å². The predicted molar refractivity (Wildman–Crippen MR) is 70.4 cm³/mol. The zero-order valence-corrected chi connectivity index (χ0v) is 11.5. The molecule has 0 radical (unpaired) electrons. The van der Waals surface area contributed by atoms with Crippen LogP contribution in [-0.2, 0) is 0 Å². The molecule has 2 heterocycles. The summed E-state index contributed by atoms with van der Waals surface area (Å²) in [5.41, 5.74) is 0. The smallest absolute Gasteiger partial charge is 0.357 e. The fourth-order valence-electron chi connectivity index (χ4n) is 1.52. The molecule has 0 spiro atoms. The van der Waals surface area contributed by atoms with E-state index in [1.165, 1.54) is 18.3 Å². The lowest BCUT2D eigenvalue weighted by Gasteiger charge is -2.18. The van der Waals surface area contributed by atoms with Crippen molar-refractivity contribution < 1.29 is 13.2 Å². The molecule has 7 nitrogen and oxygen atoms in total. The molecule has 0 atom stereocenters. The van der Waals surface area contributed by atoms with Gasteiger partial charge in [0.1, 0.15) is 6.33 Å². The quantitative estimate of drug-likeness (QED) is 0.902. The highest BCUT2D eigenvalue weighted by Crippen LogP contribution is 2.21. The highest BCUT2D eigenvalue weighted by molar-refractivity contribution is 5.39. The Kier molecular flexibility index (Phi) is 4.24. The molecule has 0 fully saturated rings. The van der Waals surface area contributed by atoms with Gasteiger partial charge in [-0.25, -0.2) is 4.98 Å². The maximum Gasteiger partial charge on any atom is 0.390 e. The Morgan fingerprint density at radius 2 is 2.05 bits per heavy atom. The first-order valence-electron chi connectivity index (χ1n) is 6.09. The van der Waals surface area contributed by atoms with Crippen molar-refractivity contribution in [3.63, 3.8) is 0 Å². The van der Waals surface area contributed by atoms with E-state index in [0.29, 0.717) is 0 Å². The molecule has 21 heavy (non-hydrogen) atoms. The second-order valence-corrected chi connectivity index (χ2v) is 4.27. The van der Waals surface area contributed by atoms with Crippen molar-refractivity contribution in [1.29, 1.82) is 0 Å². The molecule has 114 valence electrons. The number of aromatic nitrogens is 5. The fourth-order valence-corrected chi connectivity index (χ4v) is 1.52. The summed E-state index contributed by atoms with van der Waals surface area (Å²) in [7, 11) is 3.12. The first-order valence-corrected chi connectivity index (χ1v) is 6.09. The first kappa shape index (κ1) is 15.0. The van der Waals surface area contributed by atoms with Crippen LogP contribution in [0.25, 0.3) is 5.95 Å². The average molecular weight is 301 g/mol. The van der Waals surface area contributed by atoms with Crippen LogP contribution in [0.15, 0.2) is 18.7 Å². The SMILES string of the molecule is CNc1nc(N(C)CCC(F)(F)F)nc(-n2ccnc2)n1. The highest BCUT2D eigenvalue weighted by atomic mass is 19.4. The van der Waals surface area contributed by atoms with E-state index in [0.717, 1.165) is 0 Å². The molecular formula is C11H14F3N7. The summed E-state index contributed by atoms with van der Waals surface area (Å²) in [4.78, 5) is 17.5.